The third-order valence-corrected chi connectivity index (χ3v) is 7.77. The van der Waals surface area contributed by atoms with Gasteiger partial charge in [0.2, 0.25) is 0 Å². The smallest absolute Gasteiger partial charge is 0.270 e. The van der Waals surface area contributed by atoms with Crippen molar-refractivity contribution in [3.05, 3.63) is 95.9 Å². The van der Waals surface area contributed by atoms with Crippen molar-refractivity contribution in [3.8, 4) is 5.75 Å². The van der Waals surface area contributed by atoms with Gasteiger partial charge in [-0.25, -0.2) is 0 Å². The van der Waals surface area contributed by atoms with Crippen molar-refractivity contribution in [1.29, 1.82) is 0 Å². The van der Waals surface area contributed by atoms with Crippen molar-refractivity contribution in [2.45, 2.75) is 19.0 Å². The summed E-state index contributed by atoms with van der Waals surface area (Å²) in [5.74, 6) is -1.39. The second-order valence-corrected chi connectivity index (χ2v) is 10.2. The maximum atomic E-state index is 13.6. The average Bonchev–Trinajstić information content (AvgIpc) is 3.09. The molecule has 0 radical (unpaired) electrons. The molecule has 36 heavy (non-hydrogen) atoms. The topological polar surface area (TPSA) is 110 Å². The van der Waals surface area contributed by atoms with Crippen LogP contribution in [0.4, 0.5) is 11.4 Å². The minimum absolute atomic E-state index is 0.0243. The number of carbonyl (C=O) groups excluding carboxylic acids is 3. The number of non-ortho nitro benzene ring substituents is 1. The molecule has 2 aliphatic heterocycles. The summed E-state index contributed by atoms with van der Waals surface area (Å²) in [6.07, 6.45) is 0. The van der Waals surface area contributed by atoms with Crippen molar-refractivity contribution in [2.75, 3.05) is 12.0 Å². The fourth-order valence-corrected chi connectivity index (χ4v) is 5.28. The third kappa shape index (κ3) is 3.61. The van der Waals surface area contributed by atoms with Crippen LogP contribution in [0.5, 0.6) is 5.75 Å². The van der Waals surface area contributed by atoms with E-state index in [0.29, 0.717) is 17.0 Å². The van der Waals surface area contributed by atoms with Gasteiger partial charge in [-0.2, -0.15) is 0 Å². The second kappa shape index (κ2) is 8.82. The molecular weight excluding hydrogens is 598 g/mol. The van der Waals surface area contributed by atoms with Gasteiger partial charge in [0.25, 0.3) is 23.4 Å². The first-order valence-corrected chi connectivity index (χ1v) is 12.3. The third-order valence-electron chi connectivity index (χ3n) is 6.39. The average molecular weight is 615 g/mol. The number of amides is 3. The van der Waals surface area contributed by atoms with Crippen LogP contribution < -0.4 is 9.64 Å². The van der Waals surface area contributed by atoms with E-state index in [-0.39, 0.29) is 16.8 Å². The van der Waals surface area contributed by atoms with Crippen LogP contribution >= 0.6 is 31.9 Å². The summed E-state index contributed by atoms with van der Waals surface area (Å²) < 4.78 is 7.15. The number of imide groups is 1. The Hall–Kier alpha value is -3.57. The quantitative estimate of drug-likeness (QED) is 0.169. The van der Waals surface area contributed by atoms with Crippen LogP contribution in [0.3, 0.4) is 0 Å². The number of fused-ring (bicyclic) bond motifs is 1. The van der Waals surface area contributed by atoms with E-state index in [4.69, 9.17) is 4.74 Å². The van der Waals surface area contributed by atoms with Gasteiger partial charge in [0, 0.05) is 32.3 Å². The molecule has 2 atom stereocenters. The van der Waals surface area contributed by atoms with Crippen LogP contribution in [-0.4, -0.2) is 40.7 Å². The van der Waals surface area contributed by atoms with Crippen molar-refractivity contribution >= 4 is 61.0 Å². The number of benzene rings is 3. The first kappa shape index (κ1) is 24.1. The Morgan fingerprint density at radius 2 is 1.61 bits per heavy atom. The second-order valence-electron chi connectivity index (χ2n) is 8.38. The molecule has 3 aromatic rings. The van der Waals surface area contributed by atoms with Crippen molar-refractivity contribution in [3.63, 3.8) is 0 Å². The number of rotatable bonds is 5. The molecule has 5 rings (SSSR count). The molecule has 0 N–H and O–H groups in total. The van der Waals surface area contributed by atoms with E-state index in [1.54, 1.807) is 24.3 Å². The van der Waals surface area contributed by atoms with E-state index in [1.165, 1.54) is 24.1 Å². The monoisotopic (exact) mass is 613 g/mol. The predicted octanol–water partition coefficient (Wildman–Crippen LogP) is 5.19. The summed E-state index contributed by atoms with van der Waals surface area (Å²) in [6.45, 7) is 1.89. The molecule has 3 aromatic carbocycles. The number of ether oxygens (including phenoxy) is 1. The minimum Gasteiger partial charge on any atom is -0.496 e. The van der Waals surface area contributed by atoms with E-state index in [1.807, 2.05) is 19.1 Å². The van der Waals surface area contributed by atoms with E-state index >= 15 is 0 Å². The lowest BCUT2D eigenvalue weighted by atomic mass is 9.85. The lowest BCUT2D eigenvalue weighted by Crippen LogP contribution is -2.67. The van der Waals surface area contributed by atoms with Crippen LogP contribution in [0, 0.1) is 17.0 Å². The number of halogens is 2. The summed E-state index contributed by atoms with van der Waals surface area (Å²) in [7, 11) is 1.50. The van der Waals surface area contributed by atoms with Gasteiger partial charge in [0.15, 0.2) is 0 Å². The zero-order chi connectivity index (χ0) is 25.9. The van der Waals surface area contributed by atoms with Crippen molar-refractivity contribution in [1.82, 2.24) is 4.90 Å². The highest BCUT2D eigenvalue weighted by Gasteiger charge is 2.58. The molecule has 3 amide bonds. The standard InChI is InChI=1S/C25H17Br2N3O6/c1-12-9-14(5-7-19(12)27)28-21(18-10-13(26)3-8-20(18)36-2)22(25(28)33)29-23(31)16-6-4-15(30(34)35)11-17(16)24(29)32/h3-11,21-22H,1-2H3. The molecule has 1 saturated heterocycles. The number of nitrogens with zero attached hydrogens (tertiary/aromatic N) is 3. The summed E-state index contributed by atoms with van der Waals surface area (Å²) in [5.41, 5.74) is 1.71. The summed E-state index contributed by atoms with van der Waals surface area (Å²) in [6, 6.07) is 12.3. The molecule has 2 unspecified atom stereocenters. The number of aryl methyl sites for hydroxylation is 1. The summed E-state index contributed by atoms with van der Waals surface area (Å²) >= 11 is 6.92. The van der Waals surface area contributed by atoms with Gasteiger partial charge in [-0.15, -0.1) is 0 Å². The van der Waals surface area contributed by atoms with Crippen LogP contribution in [0.2, 0.25) is 0 Å². The number of carbonyl (C=O) groups is 3. The van der Waals surface area contributed by atoms with Gasteiger partial charge in [-0.1, -0.05) is 31.9 Å². The lowest BCUT2D eigenvalue weighted by Gasteiger charge is -2.50. The van der Waals surface area contributed by atoms with Gasteiger partial charge in [-0.3, -0.25) is 29.4 Å². The fourth-order valence-electron chi connectivity index (χ4n) is 4.65. The number of hydrogen-bond donors (Lipinski definition) is 0. The largest absolute Gasteiger partial charge is 0.496 e. The highest BCUT2D eigenvalue weighted by Crippen LogP contribution is 2.47. The summed E-state index contributed by atoms with van der Waals surface area (Å²) in [5, 5.41) is 11.2. The molecule has 0 spiro atoms. The van der Waals surface area contributed by atoms with Gasteiger partial charge >= 0.3 is 0 Å². The molecule has 0 aromatic heterocycles. The Bertz CT molecular complexity index is 1490. The number of hydrogen-bond acceptors (Lipinski definition) is 6. The fraction of sp³-hybridized carbons (Fsp3) is 0.160. The minimum atomic E-state index is -1.16. The van der Waals surface area contributed by atoms with Crippen LogP contribution in [0.15, 0.2) is 63.5 Å². The predicted molar refractivity (Wildman–Crippen MR) is 137 cm³/mol. The van der Waals surface area contributed by atoms with Gasteiger partial charge < -0.3 is 9.64 Å². The van der Waals surface area contributed by atoms with E-state index < -0.39 is 34.7 Å². The molecule has 11 heteroatoms. The molecule has 2 heterocycles. The molecule has 0 bridgehead atoms. The normalized spacial score (nSPS) is 18.8. The first-order valence-electron chi connectivity index (χ1n) is 10.7. The van der Waals surface area contributed by atoms with Gasteiger partial charge in [-0.05, 0) is 55.0 Å². The maximum Gasteiger partial charge on any atom is 0.270 e. The molecule has 182 valence electrons. The van der Waals surface area contributed by atoms with E-state index in [0.717, 1.165) is 25.5 Å². The van der Waals surface area contributed by atoms with Crippen LogP contribution in [-0.2, 0) is 4.79 Å². The Kier molecular flexibility index (Phi) is 5.92. The number of nitro groups is 1. The SMILES string of the molecule is COc1ccc(Br)cc1C1C(N2C(=O)c3ccc([N+](=O)[O-])cc3C2=O)C(=O)N1c1ccc(Br)c(C)c1. The Balaban J connectivity index is 1.64. The van der Waals surface area contributed by atoms with Crippen molar-refractivity contribution < 1.29 is 24.0 Å². The molecule has 1 fully saturated rings. The molecule has 0 aliphatic carbocycles. The van der Waals surface area contributed by atoms with Crippen molar-refractivity contribution in [2.24, 2.45) is 0 Å². The summed E-state index contributed by atoms with van der Waals surface area (Å²) in [4.78, 5) is 53.4. The number of methoxy groups -OCH3 is 1. The molecule has 2 aliphatic rings. The van der Waals surface area contributed by atoms with Gasteiger partial charge in [0.1, 0.15) is 11.8 Å². The zero-order valence-corrected chi connectivity index (χ0v) is 22.1. The number of β-lactam (4-membered cyclic amide) rings is 1. The van der Waals surface area contributed by atoms with Gasteiger partial charge in [0.05, 0.1) is 29.2 Å². The number of nitro benzene ring substituents is 1. The molecular formula is C25H17Br2N3O6. The highest BCUT2D eigenvalue weighted by atomic mass is 79.9. The maximum absolute atomic E-state index is 13.6. The highest BCUT2D eigenvalue weighted by molar-refractivity contribution is 9.10. The Morgan fingerprint density at radius 1 is 0.889 bits per heavy atom. The Morgan fingerprint density at radius 3 is 2.28 bits per heavy atom. The van der Waals surface area contributed by atoms with Crippen LogP contribution in [0.1, 0.15) is 37.9 Å². The first-order chi connectivity index (χ1) is 17.1. The lowest BCUT2D eigenvalue weighted by molar-refractivity contribution is -0.384. The molecule has 0 saturated carbocycles. The van der Waals surface area contributed by atoms with E-state index in [9.17, 15) is 24.5 Å². The number of anilines is 1. The van der Waals surface area contributed by atoms with Crippen LogP contribution in [0.25, 0.3) is 0 Å². The zero-order valence-electron chi connectivity index (χ0n) is 18.9. The Labute approximate surface area is 222 Å². The molecule has 9 nitrogen and oxygen atoms in total. The van der Waals surface area contributed by atoms with E-state index in [2.05, 4.69) is 31.9 Å².